The standard InChI is InChI=1S/C24H32O8S/c1-24(18-7-9-19(10-8-18)30-16-27-2)15-29-23-14-20(31-17-28-3)11-12-21(23)22(24)6-5-13-32-33(4,25)26/h7-12,14,22H,5-6,13,15-17H2,1-4H3. The monoisotopic (exact) mass is 480 g/mol. The van der Waals surface area contributed by atoms with Crippen molar-refractivity contribution >= 4 is 10.1 Å². The Morgan fingerprint density at radius 1 is 1.00 bits per heavy atom. The summed E-state index contributed by atoms with van der Waals surface area (Å²) >= 11 is 0. The van der Waals surface area contributed by atoms with Gasteiger partial charge in [-0.3, -0.25) is 4.18 Å². The van der Waals surface area contributed by atoms with E-state index in [4.69, 9.17) is 27.9 Å². The van der Waals surface area contributed by atoms with E-state index in [1.807, 2.05) is 42.5 Å². The topological polar surface area (TPSA) is 89.5 Å². The van der Waals surface area contributed by atoms with E-state index in [2.05, 4.69) is 6.92 Å². The van der Waals surface area contributed by atoms with Gasteiger partial charge >= 0.3 is 0 Å². The predicted molar refractivity (Wildman–Crippen MR) is 124 cm³/mol. The van der Waals surface area contributed by atoms with Gasteiger partial charge in [-0.05, 0) is 42.2 Å². The summed E-state index contributed by atoms with van der Waals surface area (Å²) in [4.78, 5) is 0. The van der Waals surface area contributed by atoms with E-state index in [1.165, 1.54) is 0 Å². The second kappa shape index (κ2) is 11.2. The highest BCUT2D eigenvalue weighted by Crippen LogP contribution is 2.49. The number of hydrogen-bond donors (Lipinski definition) is 0. The van der Waals surface area contributed by atoms with E-state index in [9.17, 15) is 8.42 Å². The molecule has 1 aliphatic heterocycles. The number of ether oxygens (including phenoxy) is 5. The van der Waals surface area contributed by atoms with Crippen LogP contribution in [0.1, 0.15) is 36.8 Å². The fourth-order valence-corrected chi connectivity index (χ4v) is 4.55. The van der Waals surface area contributed by atoms with Gasteiger partial charge in [0.25, 0.3) is 10.1 Å². The normalized spacial score (nSPS) is 20.1. The van der Waals surface area contributed by atoms with Gasteiger partial charge in [0.1, 0.15) is 17.2 Å². The molecule has 2 aromatic rings. The van der Waals surface area contributed by atoms with Crippen LogP contribution in [-0.2, 0) is 29.2 Å². The van der Waals surface area contributed by atoms with E-state index in [0.29, 0.717) is 18.8 Å². The smallest absolute Gasteiger partial charge is 0.264 e. The summed E-state index contributed by atoms with van der Waals surface area (Å²) in [5.74, 6) is 2.22. The van der Waals surface area contributed by atoms with Crippen molar-refractivity contribution in [1.29, 1.82) is 0 Å². The summed E-state index contributed by atoms with van der Waals surface area (Å²) in [5, 5.41) is 0. The van der Waals surface area contributed by atoms with Gasteiger partial charge in [0, 0.05) is 31.6 Å². The lowest BCUT2D eigenvalue weighted by Gasteiger charge is -2.43. The maximum Gasteiger partial charge on any atom is 0.264 e. The van der Waals surface area contributed by atoms with Crippen LogP contribution in [0.4, 0.5) is 0 Å². The van der Waals surface area contributed by atoms with Gasteiger partial charge in [-0.1, -0.05) is 25.1 Å². The first kappa shape index (κ1) is 25.3. The van der Waals surface area contributed by atoms with E-state index >= 15 is 0 Å². The van der Waals surface area contributed by atoms with Crippen LogP contribution in [-0.4, -0.2) is 55.7 Å². The number of hydrogen-bond acceptors (Lipinski definition) is 8. The second-order valence-electron chi connectivity index (χ2n) is 8.25. The molecule has 0 fully saturated rings. The SMILES string of the molecule is COCOc1ccc(C2(C)COc3cc(OCOC)ccc3C2CCCOS(C)(=O)=O)cc1. The fraction of sp³-hybridized carbons (Fsp3) is 0.500. The molecule has 1 aliphatic rings. The number of fused-ring (bicyclic) bond motifs is 1. The fourth-order valence-electron chi connectivity index (χ4n) is 4.13. The Balaban J connectivity index is 1.87. The van der Waals surface area contributed by atoms with Gasteiger partial charge in [-0.2, -0.15) is 8.42 Å². The van der Waals surface area contributed by atoms with Gasteiger partial charge < -0.3 is 23.7 Å². The highest BCUT2D eigenvalue weighted by Gasteiger charge is 2.42. The lowest BCUT2D eigenvalue weighted by Crippen LogP contribution is -2.40. The van der Waals surface area contributed by atoms with Crippen LogP contribution < -0.4 is 14.2 Å². The minimum absolute atomic E-state index is 0.0756. The molecule has 2 atom stereocenters. The molecule has 0 amide bonds. The second-order valence-corrected chi connectivity index (χ2v) is 9.90. The van der Waals surface area contributed by atoms with Gasteiger partial charge in [0.05, 0.1) is 19.5 Å². The van der Waals surface area contributed by atoms with Gasteiger partial charge in [-0.15, -0.1) is 0 Å². The van der Waals surface area contributed by atoms with Crippen LogP contribution in [0.25, 0.3) is 0 Å². The van der Waals surface area contributed by atoms with Crippen molar-refractivity contribution in [3.63, 3.8) is 0 Å². The van der Waals surface area contributed by atoms with E-state index < -0.39 is 10.1 Å². The Morgan fingerprint density at radius 2 is 1.64 bits per heavy atom. The molecule has 2 unspecified atom stereocenters. The molecule has 182 valence electrons. The summed E-state index contributed by atoms with van der Waals surface area (Å²) in [6.45, 7) is 3.10. The van der Waals surface area contributed by atoms with Crippen LogP contribution in [0.2, 0.25) is 0 Å². The Hall–Kier alpha value is -2.33. The van der Waals surface area contributed by atoms with Crippen LogP contribution in [0.3, 0.4) is 0 Å². The van der Waals surface area contributed by atoms with Gasteiger partial charge in [-0.25, -0.2) is 0 Å². The number of benzene rings is 2. The summed E-state index contributed by atoms with van der Waals surface area (Å²) < 4.78 is 55.0. The van der Waals surface area contributed by atoms with Crippen LogP contribution >= 0.6 is 0 Å². The average Bonchev–Trinajstić information content (AvgIpc) is 2.79. The Kier molecular flexibility index (Phi) is 8.58. The minimum atomic E-state index is -3.47. The third-order valence-electron chi connectivity index (χ3n) is 5.79. The first-order valence-electron chi connectivity index (χ1n) is 10.7. The zero-order valence-electron chi connectivity index (χ0n) is 19.5. The molecule has 1 heterocycles. The molecule has 3 rings (SSSR count). The largest absolute Gasteiger partial charge is 0.492 e. The Bertz CT molecular complexity index is 1010. The third kappa shape index (κ3) is 6.60. The lowest BCUT2D eigenvalue weighted by molar-refractivity contribution is 0.0505. The molecule has 2 aromatic carbocycles. The number of rotatable bonds is 12. The van der Waals surface area contributed by atoms with Crippen LogP contribution in [0.5, 0.6) is 17.2 Å². The summed E-state index contributed by atoms with van der Waals surface area (Å²) in [6, 6.07) is 13.7. The van der Waals surface area contributed by atoms with Crippen LogP contribution in [0.15, 0.2) is 42.5 Å². The van der Waals surface area contributed by atoms with Crippen molar-refractivity contribution in [2.75, 3.05) is 47.3 Å². The van der Waals surface area contributed by atoms with Crippen LogP contribution in [0, 0.1) is 0 Å². The van der Waals surface area contributed by atoms with Gasteiger partial charge in [0.15, 0.2) is 13.6 Å². The van der Waals surface area contributed by atoms with E-state index in [-0.39, 0.29) is 31.5 Å². The lowest BCUT2D eigenvalue weighted by atomic mass is 9.66. The molecule has 33 heavy (non-hydrogen) atoms. The molecular formula is C24H32O8S. The molecule has 0 saturated carbocycles. The quantitative estimate of drug-likeness (QED) is 0.257. The van der Waals surface area contributed by atoms with Crippen molar-refractivity contribution in [2.45, 2.75) is 31.1 Å². The van der Waals surface area contributed by atoms with E-state index in [0.717, 1.165) is 35.3 Å². The van der Waals surface area contributed by atoms with Crippen molar-refractivity contribution in [3.05, 3.63) is 53.6 Å². The van der Waals surface area contributed by atoms with E-state index in [1.54, 1.807) is 14.2 Å². The number of methoxy groups -OCH3 is 2. The van der Waals surface area contributed by atoms with Crippen molar-refractivity contribution in [3.8, 4) is 17.2 Å². The minimum Gasteiger partial charge on any atom is -0.492 e. The first-order chi connectivity index (χ1) is 15.8. The first-order valence-corrected chi connectivity index (χ1v) is 12.5. The molecule has 0 aliphatic carbocycles. The molecule has 0 saturated heterocycles. The molecule has 0 bridgehead atoms. The Morgan fingerprint density at radius 3 is 2.27 bits per heavy atom. The third-order valence-corrected chi connectivity index (χ3v) is 6.39. The van der Waals surface area contributed by atoms with Crippen molar-refractivity contribution in [1.82, 2.24) is 0 Å². The van der Waals surface area contributed by atoms with Crippen molar-refractivity contribution in [2.24, 2.45) is 0 Å². The average molecular weight is 481 g/mol. The molecule has 0 aromatic heterocycles. The molecule has 8 nitrogen and oxygen atoms in total. The predicted octanol–water partition coefficient (Wildman–Crippen LogP) is 3.84. The maximum atomic E-state index is 11.4. The highest BCUT2D eigenvalue weighted by atomic mass is 32.2. The summed E-state index contributed by atoms with van der Waals surface area (Å²) in [5.41, 5.74) is 1.81. The molecule has 0 N–H and O–H groups in total. The molecular weight excluding hydrogens is 448 g/mol. The summed E-state index contributed by atoms with van der Waals surface area (Å²) in [6.07, 6.45) is 2.38. The van der Waals surface area contributed by atoms with Crippen molar-refractivity contribution < 1.29 is 36.3 Å². The zero-order chi connectivity index (χ0) is 23.9. The summed E-state index contributed by atoms with van der Waals surface area (Å²) in [7, 11) is -0.323. The molecule has 0 spiro atoms. The highest BCUT2D eigenvalue weighted by molar-refractivity contribution is 7.85. The zero-order valence-corrected chi connectivity index (χ0v) is 20.4. The Labute approximate surface area is 195 Å². The molecule has 0 radical (unpaired) electrons. The van der Waals surface area contributed by atoms with Gasteiger partial charge in [0.2, 0.25) is 0 Å². The molecule has 9 heteroatoms. The maximum absolute atomic E-state index is 11.4.